The van der Waals surface area contributed by atoms with Gasteiger partial charge in [0, 0.05) is 0 Å². The Balaban J connectivity index is 0.000000911. The monoisotopic (exact) mass is 524 g/mol. The third-order valence-corrected chi connectivity index (χ3v) is 9.84. The van der Waals surface area contributed by atoms with Crippen LogP contribution < -0.4 is 33.9 Å². The molecule has 5 heteroatoms. The van der Waals surface area contributed by atoms with E-state index in [2.05, 4.69) is 76.7 Å². The Morgan fingerprint density at radius 3 is 2.72 bits per heavy atom. The Morgan fingerprint density at radius 1 is 1.08 bits per heavy atom. The van der Waals surface area contributed by atoms with Crippen molar-refractivity contribution in [3.05, 3.63) is 76.5 Å². The summed E-state index contributed by atoms with van der Waals surface area (Å²) in [6.07, 6.45) is 15.2. The van der Waals surface area contributed by atoms with Gasteiger partial charge in [-0.3, -0.25) is 0 Å². The van der Waals surface area contributed by atoms with E-state index in [9.17, 15) is 0 Å². The van der Waals surface area contributed by atoms with Crippen LogP contribution in [0.4, 0.5) is 0 Å². The van der Waals surface area contributed by atoms with E-state index in [4.69, 9.17) is 0 Å². The van der Waals surface area contributed by atoms with Gasteiger partial charge in [0.05, 0.1) is 0 Å². The van der Waals surface area contributed by atoms with Crippen molar-refractivity contribution in [3.8, 4) is 11.1 Å². The molecule has 1 aromatic carbocycles. The Hall–Kier alpha value is -0.177. The van der Waals surface area contributed by atoms with E-state index in [-0.39, 0.29) is 24.8 Å². The second-order valence-electron chi connectivity index (χ2n) is 5.99. The normalized spacial score (nSPS) is 18.2. The average Bonchev–Trinajstić information content (AvgIpc) is 3.21. The summed E-state index contributed by atoms with van der Waals surface area (Å²) in [6.45, 7) is 0. The van der Waals surface area contributed by atoms with Crippen molar-refractivity contribution < 1.29 is 48.0 Å². The van der Waals surface area contributed by atoms with Gasteiger partial charge in [0.1, 0.15) is 0 Å². The third-order valence-electron chi connectivity index (χ3n) is 4.54. The molecule has 1 heterocycles. The van der Waals surface area contributed by atoms with E-state index in [1.54, 1.807) is 8.84 Å². The summed E-state index contributed by atoms with van der Waals surface area (Å²) in [5.74, 6) is 0. The Bertz CT molecular complexity index is 1050. The smallest absolute Gasteiger partial charge is 1.00 e. The summed E-state index contributed by atoms with van der Waals surface area (Å²) in [5, 5.41) is 0. The molecular weight excluding hydrogens is 514 g/mol. The van der Waals surface area contributed by atoms with Gasteiger partial charge >= 0.3 is 160 Å². The van der Waals surface area contributed by atoms with Gasteiger partial charge in [-0.05, 0) is 0 Å². The molecule has 0 saturated heterocycles. The molecule has 0 saturated carbocycles. The second kappa shape index (κ2) is 7.82. The van der Waals surface area contributed by atoms with Crippen molar-refractivity contribution >= 4 is 39.4 Å². The predicted molar refractivity (Wildman–Crippen MR) is 98.6 cm³/mol. The molecule has 0 spiro atoms. The van der Waals surface area contributed by atoms with Crippen molar-refractivity contribution in [2.75, 3.05) is 0 Å². The molecule has 5 rings (SSSR count). The standard InChI is InChI=1S/C15H8BrS.C5H5.2ClH.Zr/c16-10-5-6-12-13(8-10)17-14-7-9-3-1-2-4-11(9)15(12)14;1-2-4-5-3-1;;;/h1-8H;1-3H,4H2;2*1H;/q;;;;+2/p-2. The predicted octanol–water partition coefficient (Wildman–Crippen LogP) is -1.39. The molecule has 0 bridgehead atoms. The second-order valence-corrected chi connectivity index (χ2v) is 11.8. The molecule has 1 unspecified atom stereocenters. The molecule has 0 aliphatic heterocycles. The fraction of sp³-hybridized carbons (Fsp3) is 0.100. The minimum absolute atomic E-state index is 0. The number of thiophene rings is 1. The van der Waals surface area contributed by atoms with Crippen LogP contribution >= 0.6 is 27.3 Å². The van der Waals surface area contributed by atoms with Gasteiger partial charge in [0.2, 0.25) is 0 Å². The maximum absolute atomic E-state index is 3.75. The van der Waals surface area contributed by atoms with Gasteiger partial charge in [-0.25, -0.2) is 0 Å². The van der Waals surface area contributed by atoms with Gasteiger partial charge in [0.15, 0.2) is 0 Å². The molecule has 0 N–H and O–H groups in total. The summed E-state index contributed by atoms with van der Waals surface area (Å²) < 4.78 is 6.52. The summed E-state index contributed by atoms with van der Waals surface area (Å²) in [7, 11) is 0. The molecule has 3 aliphatic rings. The van der Waals surface area contributed by atoms with Crippen molar-refractivity contribution in [2.45, 2.75) is 10.0 Å². The van der Waals surface area contributed by atoms with E-state index < -0.39 is 23.2 Å². The number of hydrogen-bond donors (Lipinski definition) is 0. The van der Waals surface area contributed by atoms with E-state index in [0.29, 0.717) is 3.63 Å². The van der Waals surface area contributed by atoms with Crippen LogP contribution in [0.25, 0.3) is 23.3 Å². The molecule has 0 radical (unpaired) electrons. The van der Waals surface area contributed by atoms with E-state index in [1.807, 2.05) is 11.3 Å². The maximum Gasteiger partial charge on any atom is -1.00 e. The molecular formula is C20H13BrCl2SZr. The first-order valence-corrected chi connectivity index (χ1v) is 12.0. The summed E-state index contributed by atoms with van der Waals surface area (Å²) >= 11 is 5.06. The van der Waals surface area contributed by atoms with Gasteiger partial charge in [-0.2, -0.15) is 0 Å². The Kier molecular flexibility index (Phi) is 6.13. The van der Waals surface area contributed by atoms with E-state index >= 15 is 0 Å². The SMILES string of the molecule is BrC1=C[CH]([Zr+2][C]2=CC=CC2)c2c3c(sc2=C1)=Cc1ccccc1-3.[Cl-].[Cl-]. The van der Waals surface area contributed by atoms with Crippen molar-refractivity contribution in [1.82, 2.24) is 0 Å². The van der Waals surface area contributed by atoms with Crippen molar-refractivity contribution in [2.24, 2.45) is 0 Å². The third kappa shape index (κ3) is 3.39. The van der Waals surface area contributed by atoms with Crippen LogP contribution in [-0.2, 0) is 23.2 Å². The van der Waals surface area contributed by atoms with Gasteiger partial charge < -0.3 is 24.8 Å². The Labute approximate surface area is 183 Å². The van der Waals surface area contributed by atoms with Gasteiger partial charge in [0.25, 0.3) is 0 Å². The molecule has 0 fully saturated rings. The topological polar surface area (TPSA) is 0 Å². The first-order chi connectivity index (χ1) is 11.3. The molecule has 2 aromatic rings. The Morgan fingerprint density at radius 2 is 1.92 bits per heavy atom. The van der Waals surface area contributed by atoms with Crippen LogP contribution in [-0.4, -0.2) is 0 Å². The molecule has 124 valence electrons. The zero-order valence-electron chi connectivity index (χ0n) is 13.1. The summed E-state index contributed by atoms with van der Waals surface area (Å²) in [6, 6.07) is 8.84. The zero-order valence-corrected chi connectivity index (χ0v) is 19.5. The van der Waals surface area contributed by atoms with Crippen molar-refractivity contribution in [3.63, 3.8) is 0 Å². The van der Waals surface area contributed by atoms with Crippen LogP contribution in [0.15, 0.2) is 56.3 Å². The first-order valence-electron chi connectivity index (χ1n) is 7.75. The first kappa shape index (κ1) is 19.6. The fourth-order valence-corrected chi connectivity index (χ4v) is 10.1. The molecule has 0 nitrogen and oxygen atoms in total. The number of benzene rings is 1. The average molecular weight is 527 g/mol. The minimum Gasteiger partial charge on any atom is -1.00 e. The number of allylic oxidation sites excluding steroid dienone is 6. The van der Waals surface area contributed by atoms with Crippen molar-refractivity contribution in [1.29, 1.82) is 0 Å². The molecule has 3 aliphatic carbocycles. The van der Waals surface area contributed by atoms with Gasteiger partial charge in [-0.15, -0.1) is 0 Å². The number of fused-ring (bicyclic) bond motifs is 5. The fourth-order valence-electron chi connectivity index (χ4n) is 3.55. The van der Waals surface area contributed by atoms with E-state index in [0.717, 1.165) is 0 Å². The quantitative estimate of drug-likeness (QED) is 0.385. The molecule has 0 amide bonds. The minimum atomic E-state index is -0.646. The maximum atomic E-state index is 3.75. The zero-order chi connectivity index (χ0) is 15.4. The molecule has 1 aromatic heterocycles. The molecule has 25 heavy (non-hydrogen) atoms. The number of hydrogen-bond acceptors (Lipinski definition) is 1. The number of rotatable bonds is 2. The van der Waals surface area contributed by atoms with Crippen LogP contribution in [0.5, 0.6) is 0 Å². The van der Waals surface area contributed by atoms with Crippen LogP contribution in [0, 0.1) is 0 Å². The van der Waals surface area contributed by atoms with Crippen LogP contribution in [0.3, 0.4) is 0 Å². The summed E-state index contributed by atoms with van der Waals surface area (Å²) in [4.78, 5) is 0. The van der Waals surface area contributed by atoms with Crippen LogP contribution in [0.1, 0.15) is 21.2 Å². The largest absolute Gasteiger partial charge is 1.00 e. The molecule has 1 atom stereocenters. The number of halogens is 3. The summed E-state index contributed by atoms with van der Waals surface area (Å²) in [5.41, 5.74) is 5.94. The van der Waals surface area contributed by atoms with Gasteiger partial charge in [-0.1, -0.05) is 0 Å². The van der Waals surface area contributed by atoms with E-state index in [1.165, 1.54) is 36.7 Å². The van der Waals surface area contributed by atoms with Crippen LogP contribution in [0.2, 0.25) is 0 Å².